The highest BCUT2D eigenvalue weighted by Gasteiger charge is 2.52. The van der Waals surface area contributed by atoms with Crippen LogP contribution in [0.5, 0.6) is 0 Å². The van der Waals surface area contributed by atoms with Gasteiger partial charge in [0.2, 0.25) is 0 Å². The zero-order valence-electron chi connectivity index (χ0n) is 7.30. The van der Waals surface area contributed by atoms with Crippen LogP contribution in [0.1, 0.15) is 26.7 Å². The van der Waals surface area contributed by atoms with E-state index in [9.17, 15) is 5.11 Å². The van der Waals surface area contributed by atoms with Gasteiger partial charge in [-0.05, 0) is 24.2 Å². The lowest BCUT2D eigenvalue weighted by Gasteiger charge is -2.34. The maximum atomic E-state index is 9.56. The molecule has 2 unspecified atom stereocenters. The third-order valence-electron chi connectivity index (χ3n) is 3.82. The molecule has 0 saturated heterocycles. The van der Waals surface area contributed by atoms with Gasteiger partial charge in [-0.2, -0.15) is 0 Å². The smallest absolute Gasteiger partial charge is 0.0608 e. The van der Waals surface area contributed by atoms with Crippen LogP contribution in [0.2, 0.25) is 0 Å². The fourth-order valence-corrected chi connectivity index (χ4v) is 2.72. The Hall–Kier alpha value is -0.300. The summed E-state index contributed by atoms with van der Waals surface area (Å²) < 4.78 is 0. The summed E-state index contributed by atoms with van der Waals surface area (Å²) >= 11 is 0. The maximum Gasteiger partial charge on any atom is 0.0608 e. The summed E-state index contributed by atoms with van der Waals surface area (Å²) in [5.41, 5.74) is 1.57. The Bertz CT molecular complexity index is 205. The largest absolute Gasteiger partial charge is 0.392 e. The normalized spacial score (nSPS) is 46.8. The van der Waals surface area contributed by atoms with Crippen molar-refractivity contribution < 1.29 is 5.11 Å². The Labute approximate surface area is 68.1 Å². The van der Waals surface area contributed by atoms with E-state index in [2.05, 4.69) is 20.4 Å². The van der Waals surface area contributed by atoms with Gasteiger partial charge in [0.25, 0.3) is 0 Å². The van der Waals surface area contributed by atoms with Crippen LogP contribution in [-0.4, -0.2) is 11.2 Å². The number of fused-ring (bicyclic) bond motifs is 2. The summed E-state index contributed by atoms with van der Waals surface area (Å²) in [6.45, 7) is 8.59. The molecule has 0 aromatic rings. The monoisotopic (exact) mass is 152 g/mol. The molecule has 2 fully saturated rings. The summed E-state index contributed by atoms with van der Waals surface area (Å²) in [6.07, 6.45) is 2.09. The lowest BCUT2D eigenvalue weighted by atomic mass is 9.73. The van der Waals surface area contributed by atoms with E-state index in [1.807, 2.05) is 0 Å². The molecule has 11 heavy (non-hydrogen) atoms. The van der Waals surface area contributed by atoms with E-state index in [4.69, 9.17) is 0 Å². The summed E-state index contributed by atoms with van der Waals surface area (Å²) in [6, 6.07) is 0. The molecular formula is C10H16O. The van der Waals surface area contributed by atoms with E-state index in [-0.39, 0.29) is 6.10 Å². The topological polar surface area (TPSA) is 20.2 Å². The third-order valence-corrected chi connectivity index (χ3v) is 3.82. The number of hydrogen-bond donors (Lipinski definition) is 1. The molecule has 1 nitrogen and oxygen atoms in total. The molecule has 0 aliphatic heterocycles. The van der Waals surface area contributed by atoms with E-state index in [1.54, 1.807) is 0 Å². The Kier molecular flexibility index (Phi) is 1.26. The highest BCUT2D eigenvalue weighted by Crippen LogP contribution is 2.58. The van der Waals surface area contributed by atoms with Crippen LogP contribution >= 0.6 is 0 Å². The predicted octanol–water partition coefficient (Wildman–Crippen LogP) is 1.97. The van der Waals surface area contributed by atoms with Crippen LogP contribution in [0.15, 0.2) is 12.2 Å². The van der Waals surface area contributed by atoms with Crippen molar-refractivity contribution in [3.8, 4) is 0 Å². The molecule has 0 aromatic heterocycles. The van der Waals surface area contributed by atoms with Gasteiger partial charge in [-0.3, -0.25) is 0 Å². The number of hydrogen-bond acceptors (Lipinski definition) is 1. The molecule has 1 N–H and O–H groups in total. The molecule has 0 aromatic carbocycles. The van der Waals surface area contributed by atoms with E-state index in [1.165, 1.54) is 12.0 Å². The van der Waals surface area contributed by atoms with Crippen LogP contribution in [0, 0.1) is 17.3 Å². The van der Waals surface area contributed by atoms with Crippen molar-refractivity contribution in [2.24, 2.45) is 17.3 Å². The first-order valence-corrected chi connectivity index (χ1v) is 4.41. The van der Waals surface area contributed by atoms with E-state index >= 15 is 0 Å². The van der Waals surface area contributed by atoms with Gasteiger partial charge in [-0.1, -0.05) is 26.0 Å². The van der Waals surface area contributed by atoms with Crippen molar-refractivity contribution in [1.82, 2.24) is 0 Å². The first-order valence-electron chi connectivity index (χ1n) is 4.41. The Balaban J connectivity index is 2.32. The van der Waals surface area contributed by atoms with Crippen LogP contribution < -0.4 is 0 Å². The molecule has 0 heterocycles. The Morgan fingerprint density at radius 1 is 1.45 bits per heavy atom. The van der Waals surface area contributed by atoms with Gasteiger partial charge in [-0.15, -0.1) is 0 Å². The Morgan fingerprint density at radius 3 is 2.45 bits per heavy atom. The fourth-order valence-electron chi connectivity index (χ4n) is 2.72. The van der Waals surface area contributed by atoms with Crippen LogP contribution in [0.25, 0.3) is 0 Å². The number of aliphatic hydroxyl groups excluding tert-OH is 1. The van der Waals surface area contributed by atoms with Crippen molar-refractivity contribution in [2.75, 3.05) is 0 Å². The molecule has 62 valence electrons. The minimum atomic E-state index is -0.0828. The average molecular weight is 152 g/mol. The molecule has 0 spiro atoms. The first-order chi connectivity index (χ1) is 5.03. The minimum Gasteiger partial charge on any atom is -0.392 e. The minimum absolute atomic E-state index is 0.0828. The van der Waals surface area contributed by atoms with Gasteiger partial charge in [0, 0.05) is 5.92 Å². The van der Waals surface area contributed by atoms with Gasteiger partial charge < -0.3 is 5.11 Å². The summed E-state index contributed by atoms with van der Waals surface area (Å²) in [7, 11) is 0. The van der Waals surface area contributed by atoms with Gasteiger partial charge in [-0.25, -0.2) is 0 Å². The summed E-state index contributed by atoms with van der Waals surface area (Å²) in [5, 5.41) is 9.56. The van der Waals surface area contributed by atoms with E-state index in [0.29, 0.717) is 17.3 Å². The van der Waals surface area contributed by atoms with Gasteiger partial charge in [0.1, 0.15) is 0 Å². The second-order valence-electron chi connectivity index (χ2n) is 4.59. The van der Waals surface area contributed by atoms with Gasteiger partial charge in [0.05, 0.1) is 6.10 Å². The molecule has 2 aliphatic rings. The molecule has 2 aliphatic carbocycles. The second kappa shape index (κ2) is 1.89. The maximum absolute atomic E-state index is 9.56. The van der Waals surface area contributed by atoms with Crippen LogP contribution in [0.3, 0.4) is 0 Å². The van der Waals surface area contributed by atoms with Crippen molar-refractivity contribution >= 4 is 0 Å². The van der Waals surface area contributed by atoms with Crippen molar-refractivity contribution in [3.05, 3.63) is 12.2 Å². The van der Waals surface area contributed by atoms with Crippen LogP contribution in [0.4, 0.5) is 0 Å². The molecular weight excluding hydrogens is 136 g/mol. The third kappa shape index (κ3) is 0.750. The zero-order valence-corrected chi connectivity index (χ0v) is 7.30. The van der Waals surface area contributed by atoms with E-state index < -0.39 is 0 Å². The van der Waals surface area contributed by atoms with Gasteiger partial charge >= 0.3 is 0 Å². The highest BCUT2D eigenvalue weighted by atomic mass is 16.3. The molecule has 3 atom stereocenters. The molecule has 0 radical (unpaired) electrons. The van der Waals surface area contributed by atoms with Crippen molar-refractivity contribution in [2.45, 2.75) is 32.8 Å². The molecule has 1 heteroatoms. The molecule has 2 saturated carbocycles. The standard InChI is InChI=1S/C10H16O/c1-6-8-4-7(5-9(8)11)10(6,2)3/h7-9,11H,1,4-5H2,2-3H3/t7?,8?,9-/m1/s1. The summed E-state index contributed by atoms with van der Waals surface area (Å²) in [4.78, 5) is 0. The van der Waals surface area contributed by atoms with Crippen molar-refractivity contribution in [3.63, 3.8) is 0 Å². The highest BCUT2D eigenvalue weighted by molar-refractivity contribution is 5.25. The number of aliphatic hydroxyl groups is 1. The molecule has 0 amide bonds. The number of rotatable bonds is 0. The predicted molar refractivity (Wildman–Crippen MR) is 45.1 cm³/mol. The quantitative estimate of drug-likeness (QED) is 0.526. The SMILES string of the molecule is C=C1C2CC(C[C@H]2O)C1(C)C. The second-order valence-corrected chi connectivity index (χ2v) is 4.59. The lowest BCUT2D eigenvalue weighted by molar-refractivity contribution is 0.108. The summed E-state index contributed by atoms with van der Waals surface area (Å²) in [5.74, 6) is 1.10. The molecule has 2 bridgehead atoms. The average Bonchev–Trinajstić information content (AvgIpc) is 2.36. The van der Waals surface area contributed by atoms with Crippen molar-refractivity contribution in [1.29, 1.82) is 0 Å². The van der Waals surface area contributed by atoms with E-state index in [0.717, 1.165) is 6.42 Å². The Morgan fingerprint density at radius 2 is 2.09 bits per heavy atom. The zero-order chi connectivity index (χ0) is 8.22. The molecule has 2 rings (SSSR count). The first kappa shape index (κ1) is 7.35. The lowest BCUT2D eigenvalue weighted by Crippen LogP contribution is -2.29. The van der Waals surface area contributed by atoms with Gasteiger partial charge in [0.15, 0.2) is 0 Å². The van der Waals surface area contributed by atoms with Crippen LogP contribution in [-0.2, 0) is 0 Å². The fraction of sp³-hybridized carbons (Fsp3) is 0.800.